The van der Waals surface area contributed by atoms with Gasteiger partial charge in [0, 0.05) is 30.9 Å². The molecule has 1 atom stereocenters. The molecule has 0 aliphatic carbocycles. The van der Waals surface area contributed by atoms with Gasteiger partial charge in [0.05, 0.1) is 17.2 Å². The number of carbonyl (C=O) groups excluding carboxylic acids is 2. The molecule has 2 amide bonds. The van der Waals surface area contributed by atoms with Crippen molar-refractivity contribution >= 4 is 29.3 Å². The number of thioether (sulfide) groups is 1. The van der Waals surface area contributed by atoms with E-state index in [2.05, 4.69) is 10.3 Å². The normalized spacial score (nSPS) is 11.5. The number of nitro benzene ring substituents is 1. The minimum atomic E-state index is -0.729. The second-order valence-corrected chi connectivity index (χ2v) is 7.12. The fourth-order valence-corrected chi connectivity index (χ4v) is 3.05. The number of carbonyl (C=O) groups is 2. The Hall–Kier alpha value is -2.94. The highest BCUT2D eigenvalue weighted by Crippen LogP contribution is 2.14. The van der Waals surface area contributed by atoms with Crippen LogP contribution in [0, 0.1) is 10.1 Å². The smallest absolute Gasteiger partial charge is 0.270 e. The Balaban J connectivity index is 2.11. The van der Waals surface area contributed by atoms with E-state index < -0.39 is 16.9 Å². The van der Waals surface area contributed by atoms with Gasteiger partial charge in [-0.1, -0.05) is 12.1 Å². The summed E-state index contributed by atoms with van der Waals surface area (Å²) >= 11 is 1.57. The number of likely N-dealkylation sites (N-methyl/N-ethyl adjacent to an activating group) is 1. The van der Waals surface area contributed by atoms with Crippen LogP contribution in [0.15, 0.2) is 48.7 Å². The van der Waals surface area contributed by atoms with Gasteiger partial charge in [-0.2, -0.15) is 11.8 Å². The summed E-state index contributed by atoms with van der Waals surface area (Å²) in [5, 5.41) is 13.6. The van der Waals surface area contributed by atoms with Gasteiger partial charge in [-0.25, -0.2) is 0 Å². The van der Waals surface area contributed by atoms with Crippen LogP contribution in [0.5, 0.6) is 0 Å². The van der Waals surface area contributed by atoms with Gasteiger partial charge in [-0.15, -0.1) is 0 Å². The highest BCUT2D eigenvalue weighted by atomic mass is 32.2. The second-order valence-electron chi connectivity index (χ2n) is 6.13. The van der Waals surface area contributed by atoms with Crippen LogP contribution >= 0.6 is 11.8 Å². The molecule has 0 bridgehead atoms. The molecule has 1 aromatic carbocycles. The zero-order chi connectivity index (χ0) is 20.5. The second kappa shape index (κ2) is 10.4. The number of benzene rings is 1. The summed E-state index contributed by atoms with van der Waals surface area (Å²) in [5.74, 6) is -0.0730. The van der Waals surface area contributed by atoms with Gasteiger partial charge >= 0.3 is 0 Å². The van der Waals surface area contributed by atoms with E-state index in [9.17, 15) is 19.7 Å². The number of non-ortho nitro benzene ring substituents is 1. The van der Waals surface area contributed by atoms with Crippen molar-refractivity contribution in [2.45, 2.75) is 19.0 Å². The molecule has 9 heteroatoms. The van der Waals surface area contributed by atoms with Crippen molar-refractivity contribution < 1.29 is 14.5 Å². The standard InChI is InChI=1S/C19H22N4O4S/c1-22(13-15-7-3-4-10-20-15)19(25)17(9-11-28-2)21-18(24)14-6-5-8-16(12-14)23(26)27/h3-8,10,12,17H,9,11,13H2,1-2H3,(H,21,24). The number of amides is 2. The zero-order valence-corrected chi connectivity index (χ0v) is 16.5. The van der Waals surface area contributed by atoms with Gasteiger partial charge in [0.2, 0.25) is 5.91 Å². The number of pyridine rings is 1. The summed E-state index contributed by atoms with van der Waals surface area (Å²) < 4.78 is 0. The van der Waals surface area contributed by atoms with Gasteiger partial charge in [-0.05, 0) is 36.6 Å². The molecule has 148 valence electrons. The van der Waals surface area contributed by atoms with Crippen molar-refractivity contribution in [3.63, 3.8) is 0 Å². The quantitative estimate of drug-likeness (QED) is 0.510. The SMILES string of the molecule is CSCCC(NC(=O)c1cccc([N+](=O)[O-])c1)C(=O)N(C)Cc1ccccn1. The first-order valence-electron chi connectivity index (χ1n) is 8.61. The molecule has 2 rings (SSSR count). The van der Waals surface area contributed by atoms with E-state index in [1.165, 1.54) is 29.2 Å². The Bertz CT molecular complexity index is 832. The first-order valence-corrected chi connectivity index (χ1v) is 10.0. The number of aromatic nitrogens is 1. The van der Waals surface area contributed by atoms with Crippen LogP contribution < -0.4 is 5.32 Å². The van der Waals surface area contributed by atoms with E-state index in [1.54, 1.807) is 31.1 Å². The molecule has 0 aliphatic heterocycles. The largest absolute Gasteiger partial charge is 0.340 e. The molecule has 1 unspecified atom stereocenters. The summed E-state index contributed by atoms with van der Waals surface area (Å²) in [7, 11) is 1.66. The molecule has 1 aromatic heterocycles. The van der Waals surface area contributed by atoms with E-state index >= 15 is 0 Å². The van der Waals surface area contributed by atoms with E-state index in [0.29, 0.717) is 18.7 Å². The molecular formula is C19H22N4O4S. The fraction of sp³-hybridized carbons (Fsp3) is 0.316. The third kappa shape index (κ3) is 6.05. The predicted molar refractivity (Wildman–Crippen MR) is 108 cm³/mol. The average Bonchev–Trinajstić information content (AvgIpc) is 2.71. The summed E-state index contributed by atoms with van der Waals surface area (Å²) in [4.78, 5) is 41.5. The fourth-order valence-electron chi connectivity index (χ4n) is 2.57. The third-order valence-electron chi connectivity index (χ3n) is 4.03. The van der Waals surface area contributed by atoms with Crippen LogP contribution in [0.4, 0.5) is 5.69 Å². The lowest BCUT2D eigenvalue weighted by molar-refractivity contribution is -0.384. The maximum Gasteiger partial charge on any atom is 0.270 e. The Morgan fingerprint density at radius 2 is 2.07 bits per heavy atom. The molecule has 0 fully saturated rings. The van der Waals surface area contributed by atoms with Crippen molar-refractivity contribution in [1.82, 2.24) is 15.2 Å². The van der Waals surface area contributed by atoms with E-state index in [1.807, 2.05) is 18.4 Å². The highest BCUT2D eigenvalue weighted by molar-refractivity contribution is 7.98. The zero-order valence-electron chi connectivity index (χ0n) is 15.7. The molecule has 1 heterocycles. The van der Waals surface area contributed by atoms with Crippen LogP contribution in [0.25, 0.3) is 0 Å². The van der Waals surface area contributed by atoms with Crippen molar-refractivity contribution in [2.24, 2.45) is 0 Å². The molecule has 28 heavy (non-hydrogen) atoms. The van der Waals surface area contributed by atoms with Gasteiger partial charge in [0.25, 0.3) is 11.6 Å². The number of hydrogen-bond acceptors (Lipinski definition) is 6. The Labute approximate surface area is 167 Å². The van der Waals surface area contributed by atoms with Gasteiger partial charge in [-0.3, -0.25) is 24.7 Å². The van der Waals surface area contributed by atoms with Crippen LogP contribution in [0.2, 0.25) is 0 Å². The summed E-state index contributed by atoms with van der Waals surface area (Å²) in [6, 6.07) is 10.2. The Kier molecular flexibility index (Phi) is 7.94. The number of nitrogens with one attached hydrogen (secondary N) is 1. The maximum absolute atomic E-state index is 12.9. The van der Waals surface area contributed by atoms with Crippen molar-refractivity contribution in [3.8, 4) is 0 Å². The van der Waals surface area contributed by atoms with Gasteiger partial charge in [0.1, 0.15) is 6.04 Å². The van der Waals surface area contributed by atoms with Crippen LogP contribution in [0.1, 0.15) is 22.5 Å². The van der Waals surface area contributed by atoms with Crippen LogP contribution in [-0.4, -0.2) is 51.7 Å². The Morgan fingerprint density at radius 1 is 1.29 bits per heavy atom. The van der Waals surface area contributed by atoms with E-state index in [-0.39, 0.29) is 17.2 Å². The first kappa shape index (κ1) is 21.4. The lowest BCUT2D eigenvalue weighted by Crippen LogP contribution is -2.47. The van der Waals surface area contributed by atoms with Gasteiger partial charge in [0.15, 0.2) is 0 Å². The Morgan fingerprint density at radius 3 is 2.71 bits per heavy atom. The van der Waals surface area contributed by atoms with Crippen molar-refractivity contribution in [2.75, 3.05) is 19.1 Å². The molecule has 0 saturated carbocycles. The van der Waals surface area contributed by atoms with E-state index in [4.69, 9.17) is 0 Å². The number of nitro groups is 1. The molecule has 0 saturated heterocycles. The minimum Gasteiger partial charge on any atom is -0.340 e. The molecule has 0 spiro atoms. The lowest BCUT2D eigenvalue weighted by atomic mass is 10.1. The van der Waals surface area contributed by atoms with Crippen LogP contribution in [0.3, 0.4) is 0 Å². The summed E-state index contributed by atoms with van der Waals surface area (Å²) in [6.07, 6.45) is 4.03. The monoisotopic (exact) mass is 402 g/mol. The van der Waals surface area contributed by atoms with Crippen molar-refractivity contribution in [1.29, 1.82) is 0 Å². The number of rotatable bonds is 9. The molecular weight excluding hydrogens is 380 g/mol. The van der Waals surface area contributed by atoms with E-state index in [0.717, 1.165) is 5.69 Å². The highest BCUT2D eigenvalue weighted by Gasteiger charge is 2.25. The van der Waals surface area contributed by atoms with Crippen molar-refractivity contribution in [3.05, 3.63) is 70.0 Å². The summed E-state index contributed by atoms with van der Waals surface area (Å²) in [6.45, 7) is 0.322. The molecule has 1 N–H and O–H groups in total. The molecule has 8 nitrogen and oxygen atoms in total. The molecule has 0 aliphatic rings. The van der Waals surface area contributed by atoms with Gasteiger partial charge < -0.3 is 10.2 Å². The average molecular weight is 402 g/mol. The molecule has 2 aromatic rings. The lowest BCUT2D eigenvalue weighted by Gasteiger charge is -2.24. The van der Waals surface area contributed by atoms with Crippen LogP contribution in [-0.2, 0) is 11.3 Å². The maximum atomic E-state index is 12.9. The topological polar surface area (TPSA) is 105 Å². The third-order valence-corrected chi connectivity index (χ3v) is 4.68. The molecule has 0 radical (unpaired) electrons. The first-order chi connectivity index (χ1) is 13.4. The number of hydrogen-bond donors (Lipinski definition) is 1. The summed E-state index contributed by atoms with van der Waals surface area (Å²) in [5.41, 5.74) is 0.711. The predicted octanol–water partition coefficient (Wildman–Crippen LogP) is 2.50. The number of nitrogens with zero attached hydrogens (tertiary/aromatic N) is 3. The minimum absolute atomic E-state index is 0.142.